The molecule has 0 bridgehead atoms. The average molecular weight is 295 g/mol. The van der Waals surface area contributed by atoms with Crippen molar-refractivity contribution in [2.75, 3.05) is 6.54 Å². The molecule has 17 heavy (non-hydrogen) atoms. The van der Waals surface area contributed by atoms with E-state index in [0.717, 1.165) is 34.8 Å². The van der Waals surface area contributed by atoms with Crippen molar-refractivity contribution in [1.29, 1.82) is 0 Å². The first-order valence-electron chi connectivity index (χ1n) is 5.97. The van der Waals surface area contributed by atoms with Gasteiger partial charge in [0, 0.05) is 10.7 Å². The molecule has 0 aliphatic carbocycles. The molecule has 1 N–H and O–H groups in total. The molecule has 2 atom stereocenters. The topological polar surface area (TPSA) is 42.2 Å². The van der Waals surface area contributed by atoms with Crippen molar-refractivity contribution < 1.29 is 0 Å². The molecule has 1 fully saturated rings. The van der Waals surface area contributed by atoms with E-state index in [1.54, 1.807) is 0 Å². The van der Waals surface area contributed by atoms with Gasteiger partial charge in [0.05, 0.1) is 6.04 Å². The minimum atomic E-state index is 0.322. The molecule has 0 amide bonds. The van der Waals surface area contributed by atoms with Crippen LogP contribution in [-0.4, -0.2) is 21.1 Å². The van der Waals surface area contributed by atoms with Crippen LogP contribution in [0.2, 0.25) is 0 Å². The summed E-state index contributed by atoms with van der Waals surface area (Å²) in [6.45, 7) is 3.36. The second kappa shape index (κ2) is 4.38. The van der Waals surface area contributed by atoms with Gasteiger partial charge in [-0.05, 0) is 53.4 Å². The van der Waals surface area contributed by atoms with Gasteiger partial charge < -0.3 is 5.32 Å². The van der Waals surface area contributed by atoms with Crippen LogP contribution in [-0.2, 0) is 0 Å². The fraction of sp³-hybridized carbons (Fsp3) is 0.500. The zero-order chi connectivity index (χ0) is 11.8. The first kappa shape index (κ1) is 11.2. The molecule has 2 unspecified atom stereocenters. The molecule has 1 aliphatic heterocycles. The maximum atomic E-state index is 4.32. The van der Waals surface area contributed by atoms with E-state index < -0.39 is 0 Å². The van der Waals surface area contributed by atoms with Gasteiger partial charge in [-0.2, -0.15) is 0 Å². The Morgan fingerprint density at radius 2 is 2.29 bits per heavy atom. The van der Waals surface area contributed by atoms with E-state index in [1.807, 2.05) is 18.3 Å². The highest BCUT2D eigenvalue weighted by Gasteiger charge is 2.23. The van der Waals surface area contributed by atoms with E-state index in [9.17, 15) is 0 Å². The highest BCUT2D eigenvalue weighted by molar-refractivity contribution is 9.10. The van der Waals surface area contributed by atoms with Gasteiger partial charge in [-0.25, -0.2) is 0 Å². The Balaban J connectivity index is 2.01. The van der Waals surface area contributed by atoms with Crippen molar-refractivity contribution in [3.63, 3.8) is 0 Å². The Labute approximate surface area is 109 Å². The van der Waals surface area contributed by atoms with Crippen LogP contribution in [0.3, 0.4) is 0 Å². The van der Waals surface area contributed by atoms with Gasteiger partial charge in [0.2, 0.25) is 0 Å². The second-order valence-corrected chi connectivity index (χ2v) is 5.69. The number of nitrogens with one attached hydrogen (secondary N) is 1. The molecule has 90 valence electrons. The van der Waals surface area contributed by atoms with Gasteiger partial charge in [-0.1, -0.05) is 6.92 Å². The van der Waals surface area contributed by atoms with Crippen molar-refractivity contribution in [2.45, 2.75) is 25.8 Å². The van der Waals surface area contributed by atoms with Crippen molar-refractivity contribution in [1.82, 2.24) is 19.9 Å². The summed E-state index contributed by atoms with van der Waals surface area (Å²) in [5.41, 5.74) is 0.906. The smallest absolute Gasteiger partial charge is 0.160 e. The van der Waals surface area contributed by atoms with Crippen molar-refractivity contribution in [2.24, 2.45) is 5.92 Å². The van der Waals surface area contributed by atoms with Crippen molar-refractivity contribution in [3.05, 3.63) is 28.6 Å². The lowest BCUT2D eigenvalue weighted by molar-refractivity contribution is 0.314. The van der Waals surface area contributed by atoms with Gasteiger partial charge in [0.15, 0.2) is 11.5 Å². The highest BCUT2D eigenvalue weighted by atomic mass is 79.9. The molecule has 0 spiro atoms. The predicted octanol–water partition coefficient (Wildman–Crippen LogP) is 2.55. The first-order chi connectivity index (χ1) is 8.24. The predicted molar refractivity (Wildman–Crippen MR) is 69.8 cm³/mol. The number of pyridine rings is 1. The quantitative estimate of drug-likeness (QED) is 0.879. The van der Waals surface area contributed by atoms with Crippen LogP contribution in [0.1, 0.15) is 31.6 Å². The number of piperidine rings is 1. The maximum Gasteiger partial charge on any atom is 0.160 e. The van der Waals surface area contributed by atoms with Gasteiger partial charge in [0.25, 0.3) is 0 Å². The van der Waals surface area contributed by atoms with Crippen molar-refractivity contribution >= 4 is 21.6 Å². The zero-order valence-corrected chi connectivity index (χ0v) is 11.3. The minimum Gasteiger partial charge on any atom is -0.307 e. The van der Waals surface area contributed by atoms with Crippen LogP contribution in [0.25, 0.3) is 5.65 Å². The van der Waals surface area contributed by atoms with E-state index >= 15 is 0 Å². The van der Waals surface area contributed by atoms with E-state index in [1.165, 1.54) is 6.42 Å². The van der Waals surface area contributed by atoms with Gasteiger partial charge in [-0.3, -0.25) is 4.40 Å². The molecule has 4 nitrogen and oxygen atoms in total. The molecule has 1 aliphatic rings. The summed E-state index contributed by atoms with van der Waals surface area (Å²) < 4.78 is 3.12. The Hall–Kier alpha value is -0.940. The minimum absolute atomic E-state index is 0.322. The Kier molecular flexibility index (Phi) is 2.88. The molecule has 0 saturated carbocycles. The summed E-state index contributed by atoms with van der Waals surface area (Å²) in [4.78, 5) is 0. The third-order valence-electron chi connectivity index (χ3n) is 3.37. The van der Waals surface area contributed by atoms with Crippen LogP contribution >= 0.6 is 15.9 Å². The molecule has 3 heterocycles. The molecular formula is C12H15BrN4. The highest BCUT2D eigenvalue weighted by Crippen LogP contribution is 2.26. The average Bonchev–Trinajstić information content (AvgIpc) is 2.71. The number of hydrogen-bond acceptors (Lipinski definition) is 3. The molecule has 5 heteroatoms. The number of halogens is 1. The summed E-state index contributed by atoms with van der Waals surface area (Å²) in [6, 6.07) is 4.29. The third kappa shape index (κ3) is 2.09. The monoisotopic (exact) mass is 294 g/mol. The van der Waals surface area contributed by atoms with Crippen LogP contribution in [0.15, 0.2) is 22.8 Å². The number of fused-ring (bicyclic) bond motifs is 1. The number of nitrogens with zero attached hydrogens (tertiary/aromatic N) is 3. The fourth-order valence-electron chi connectivity index (χ4n) is 2.42. The Morgan fingerprint density at radius 3 is 3.12 bits per heavy atom. The van der Waals surface area contributed by atoms with E-state index in [0.29, 0.717) is 6.04 Å². The largest absolute Gasteiger partial charge is 0.307 e. The summed E-state index contributed by atoms with van der Waals surface area (Å²) in [7, 11) is 0. The van der Waals surface area contributed by atoms with Crippen LogP contribution in [0, 0.1) is 5.92 Å². The van der Waals surface area contributed by atoms with Crippen LogP contribution < -0.4 is 5.32 Å². The lowest BCUT2D eigenvalue weighted by atomic mass is 9.94. The van der Waals surface area contributed by atoms with Crippen molar-refractivity contribution in [3.8, 4) is 0 Å². The molecule has 2 aromatic heterocycles. The first-order valence-corrected chi connectivity index (χ1v) is 6.77. The summed E-state index contributed by atoms with van der Waals surface area (Å²) in [5.74, 6) is 1.77. The number of aromatic nitrogens is 3. The SMILES string of the molecule is CC1CCNC(c2nnc3ccc(Br)cn23)C1. The maximum absolute atomic E-state index is 4.32. The molecule has 0 aromatic carbocycles. The van der Waals surface area contributed by atoms with Gasteiger partial charge >= 0.3 is 0 Å². The van der Waals surface area contributed by atoms with E-state index in [2.05, 4.69) is 42.8 Å². The number of rotatable bonds is 1. The van der Waals surface area contributed by atoms with E-state index in [-0.39, 0.29) is 0 Å². The lowest BCUT2D eigenvalue weighted by Crippen LogP contribution is -2.32. The van der Waals surface area contributed by atoms with Crippen LogP contribution in [0.5, 0.6) is 0 Å². The second-order valence-electron chi connectivity index (χ2n) is 4.77. The van der Waals surface area contributed by atoms with Crippen LogP contribution in [0.4, 0.5) is 0 Å². The Morgan fingerprint density at radius 1 is 1.41 bits per heavy atom. The fourth-order valence-corrected chi connectivity index (χ4v) is 2.76. The lowest BCUT2D eigenvalue weighted by Gasteiger charge is -2.26. The zero-order valence-electron chi connectivity index (χ0n) is 9.73. The molecule has 3 rings (SSSR count). The van der Waals surface area contributed by atoms with Gasteiger partial charge in [0.1, 0.15) is 0 Å². The summed E-state index contributed by atoms with van der Waals surface area (Å²) in [5, 5.41) is 12.1. The summed E-state index contributed by atoms with van der Waals surface area (Å²) in [6.07, 6.45) is 4.41. The standard InChI is InChI=1S/C12H15BrN4/c1-8-4-5-14-10(6-8)12-16-15-11-3-2-9(13)7-17(11)12/h2-3,7-8,10,14H,4-6H2,1H3. The number of hydrogen-bond donors (Lipinski definition) is 1. The van der Waals surface area contributed by atoms with Gasteiger partial charge in [-0.15, -0.1) is 10.2 Å². The molecule has 0 radical (unpaired) electrons. The molecular weight excluding hydrogens is 280 g/mol. The third-order valence-corrected chi connectivity index (χ3v) is 3.84. The normalized spacial score (nSPS) is 25.3. The molecule has 1 saturated heterocycles. The Bertz CT molecular complexity index is 536. The summed E-state index contributed by atoms with van der Waals surface area (Å²) >= 11 is 3.49. The van der Waals surface area contributed by atoms with E-state index in [4.69, 9.17) is 0 Å². The molecule has 2 aromatic rings.